The van der Waals surface area contributed by atoms with Crippen molar-refractivity contribution in [1.82, 2.24) is 9.21 Å². The van der Waals surface area contributed by atoms with E-state index in [2.05, 4.69) is 0 Å². The molecule has 0 bridgehead atoms. The number of aryl methyl sites for hydroxylation is 2. The highest BCUT2D eigenvalue weighted by atomic mass is 32.2. The standard InChI is InChI=1S/C21H22F2N2O3S/c1-15-3-4-17(16(2)13-15)5-8-21(26)24-9-11-25(12-10-24)29(27,28)20-7-6-18(22)14-19(20)23/h3-8,13-14H,9-12H2,1-2H3/b8-5+. The van der Waals surface area contributed by atoms with Crippen LogP contribution in [0.1, 0.15) is 16.7 Å². The molecule has 1 fully saturated rings. The SMILES string of the molecule is Cc1ccc(/C=C/C(=O)N2CCN(S(=O)(=O)c3ccc(F)cc3F)CC2)c(C)c1. The smallest absolute Gasteiger partial charge is 0.246 e. The van der Waals surface area contributed by atoms with E-state index in [0.717, 1.165) is 33.1 Å². The van der Waals surface area contributed by atoms with Crippen LogP contribution in [0.4, 0.5) is 8.78 Å². The Kier molecular flexibility index (Phi) is 6.14. The number of amides is 1. The topological polar surface area (TPSA) is 57.7 Å². The minimum Gasteiger partial charge on any atom is -0.337 e. The van der Waals surface area contributed by atoms with Crippen LogP contribution in [-0.2, 0) is 14.8 Å². The van der Waals surface area contributed by atoms with E-state index in [0.29, 0.717) is 6.07 Å². The van der Waals surface area contributed by atoms with E-state index in [1.165, 1.54) is 6.08 Å². The Hall–Kier alpha value is -2.58. The van der Waals surface area contributed by atoms with Gasteiger partial charge >= 0.3 is 0 Å². The minimum absolute atomic E-state index is 0.0439. The van der Waals surface area contributed by atoms with Crippen LogP contribution in [0.25, 0.3) is 6.08 Å². The van der Waals surface area contributed by atoms with Gasteiger partial charge in [-0.3, -0.25) is 4.79 Å². The monoisotopic (exact) mass is 420 g/mol. The number of hydrogen-bond acceptors (Lipinski definition) is 3. The number of piperazine rings is 1. The van der Waals surface area contributed by atoms with Gasteiger partial charge in [0, 0.05) is 38.3 Å². The third-order valence-electron chi connectivity index (χ3n) is 4.89. The zero-order valence-corrected chi connectivity index (χ0v) is 17.0. The first-order valence-corrected chi connectivity index (χ1v) is 10.6. The molecule has 0 N–H and O–H groups in total. The number of carbonyl (C=O) groups is 1. The highest BCUT2D eigenvalue weighted by Crippen LogP contribution is 2.21. The summed E-state index contributed by atoms with van der Waals surface area (Å²) < 4.78 is 53.3. The van der Waals surface area contributed by atoms with Crippen molar-refractivity contribution in [3.8, 4) is 0 Å². The van der Waals surface area contributed by atoms with E-state index in [-0.39, 0.29) is 32.1 Å². The van der Waals surface area contributed by atoms with Gasteiger partial charge in [0.1, 0.15) is 16.5 Å². The Labute approximate surface area is 169 Å². The van der Waals surface area contributed by atoms with Gasteiger partial charge in [-0.1, -0.05) is 23.8 Å². The third-order valence-corrected chi connectivity index (χ3v) is 6.82. The highest BCUT2D eigenvalue weighted by Gasteiger charge is 2.31. The zero-order valence-electron chi connectivity index (χ0n) is 16.2. The second-order valence-corrected chi connectivity index (χ2v) is 8.90. The van der Waals surface area contributed by atoms with Gasteiger partial charge in [0.2, 0.25) is 15.9 Å². The molecule has 3 rings (SSSR count). The lowest BCUT2D eigenvalue weighted by molar-refractivity contribution is -0.127. The molecular weight excluding hydrogens is 398 g/mol. The number of carbonyl (C=O) groups excluding carboxylic acids is 1. The summed E-state index contributed by atoms with van der Waals surface area (Å²) in [6.07, 6.45) is 3.22. The summed E-state index contributed by atoms with van der Waals surface area (Å²) >= 11 is 0. The van der Waals surface area contributed by atoms with Crippen molar-refractivity contribution in [1.29, 1.82) is 0 Å². The zero-order chi connectivity index (χ0) is 21.2. The number of benzene rings is 2. The summed E-state index contributed by atoms with van der Waals surface area (Å²) in [5.74, 6) is -2.18. The number of hydrogen-bond donors (Lipinski definition) is 0. The van der Waals surface area contributed by atoms with E-state index in [4.69, 9.17) is 0 Å². The second kappa shape index (κ2) is 8.42. The van der Waals surface area contributed by atoms with Crippen molar-refractivity contribution in [3.05, 3.63) is 70.8 Å². The summed E-state index contributed by atoms with van der Waals surface area (Å²) in [6, 6.07) is 8.32. The van der Waals surface area contributed by atoms with Crippen molar-refractivity contribution in [2.45, 2.75) is 18.7 Å². The molecule has 0 radical (unpaired) electrons. The molecule has 0 aromatic heterocycles. The van der Waals surface area contributed by atoms with Gasteiger partial charge in [-0.2, -0.15) is 4.31 Å². The Morgan fingerprint density at radius 1 is 1.00 bits per heavy atom. The number of sulfonamides is 1. The molecule has 5 nitrogen and oxygen atoms in total. The summed E-state index contributed by atoms with van der Waals surface area (Å²) in [5, 5.41) is 0. The van der Waals surface area contributed by atoms with Crippen LogP contribution in [0.2, 0.25) is 0 Å². The van der Waals surface area contributed by atoms with Crippen LogP contribution in [0.3, 0.4) is 0 Å². The van der Waals surface area contributed by atoms with Crippen LogP contribution in [0.15, 0.2) is 47.4 Å². The molecule has 2 aromatic rings. The lowest BCUT2D eigenvalue weighted by Gasteiger charge is -2.33. The van der Waals surface area contributed by atoms with Crippen molar-refractivity contribution < 1.29 is 22.0 Å². The maximum absolute atomic E-state index is 13.9. The summed E-state index contributed by atoms with van der Waals surface area (Å²) in [7, 11) is -4.09. The van der Waals surface area contributed by atoms with Gasteiger partial charge in [-0.05, 0) is 43.2 Å². The molecule has 1 aliphatic rings. The summed E-state index contributed by atoms with van der Waals surface area (Å²) in [4.78, 5) is 13.4. The van der Waals surface area contributed by atoms with Crippen molar-refractivity contribution in [2.24, 2.45) is 0 Å². The van der Waals surface area contributed by atoms with Gasteiger partial charge in [0.15, 0.2) is 0 Å². The van der Waals surface area contributed by atoms with E-state index in [1.807, 2.05) is 32.0 Å². The quantitative estimate of drug-likeness (QED) is 0.714. The first-order chi connectivity index (χ1) is 13.7. The minimum atomic E-state index is -4.09. The molecule has 8 heteroatoms. The molecule has 0 unspecified atom stereocenters. The molecule has 0 atom stereocenters. The first kappa shape index (κ1) is 21.1. The Balaban J connectivity index is 1.65. The van der Waals surface area contributed by atoms with E-state index >= 15 is 0 Å². The van der Waals surface area contributed by atoms with Gasteiger partial charge in [-0.25, -0.2) is 17.2 Å². The van der Waals surface area contributed by atoms with Crippen LogP contribution in [0, 0.1) is 25.5 Å². The van der Waals surface area contributed by atoms with Gasteiger partial charge in [0.05, 0.1) is 0 Å². The average Bonchev–Trinajstić information content (AvgIpc) is 2.67. The molecule has 2 aromatic carbocycles. The predicted molar refractivity (Wildman–Crippen MR) is 107 cm³/mol. The second-order valence-electron chi connectivity index (χ2n) is 7.00. The van der Waals surface area contributed by atoms with Crippen LogP contribution in [-0.4, -0.2) is 49.7 Å². The maximum atomic E-state index is 13.9. The highest BCUT2D eigenvalue weighted by molar-refractivity contribution is 7.89. The van der Waals surface area contributed by atoms with Crippen LogP contribution >= 0.6 is 0 Å². The van der Waals surface area contributed by atoms with Crippen LogP contribution in [0.5, 0.6) is 0 Å². The number of rotatable bonds is 4. The number of nitrogens with zero attached hydrogens (tertiary/aromatic N) is 2. The van der Waals surface area contributed by atoms with E-state index in [1.54, 1.807) is 11.0 Å². The largest absolute Gasteiger partial charge is 0.337 e. The molecule has 0 spiro atoms. The summed E-state index contributed by atoms with van der Waals surface area (Å²) in [5.41, 5.74) is 3.14. The molecule has 0 saturated carbocycles. The molecular formula is C21H22F2N2O3S. The van der Waals surface area contributed by atoms with Gasteiger partial charge in [-0.15, -0.1) is 0 Å². The molecule has 29 heavy (non-hydrogen) atoms. The fourth-order valence-corrected chi connectivity index (χ4v) is 4.72. The lowest BCUT2D eigenvalue weighted by Crippen LogP contribution is -2.50. The predicted octanol–water partition coefficient (Wildman–Crippen LogP) is 3.13. The van der Waals surface area contributed by atoms with Crippen molar-refractivity contribution >= 4 is 22.0 Å². The third kappa shape index (κ3) is 4.71. The van der Waals surface area contributed by atoms with Gasteiger partial charge in [0.25, 0.3) is 0 Å². The van der Waals surface area contributed by atoms with Crippen molar-refractivity contribution in [3.63, 3.8) is 0 Å². The molecule has 154 valence electrons. The normalized spacial score (nSPS) is 15.8. The summed E-state index contributed by atoms with van der Waals surface area (Å²) in [6.45, 7) is 4.44. The molecule has 1 heterocycles. The molecule has 0 aliphatic carbocycles. The fraction of sp³-hybridized carbons (Fsp3) is 0.286. The molecule has 1 aliphatic heterocycles. The van der Waals surface area contributed by atoms with Crippen molar-refractivity contribution in [2.75, 3.05) is 26.2 Å². The Morgan fingerprint density at radius 3 is 2.31 bits per heavy atom. The van der Waals surface area contributed by atoms with Gasteiger partial charge < -0.3 is 4.90 Å². The molecule has 1 amide bonds. The average molecular weight is 420 g/mol. The maximum Gasteiger partial charge on any atom is 0.246 e. The Morgan fingerprint density at radius 2 is 1.69 bits per heavy atom. The fourth-order valence-electron chi connectivity index (χ4n) is 3.25. The van der Waals surface area contributed by atoms with Crippen LogP contribution < -0.4 is 0 Å². The lowest BCUT2D eigenvalue weighted by atomic mass is 10.1. The van der Waals surface area contributed by atoms with E-state index < -0.39 is 26.6 Å². The molecule has 1 saturated heterocycles. The Bertz CT molecular complexity index is 1060. The number of halogens is 2. The van der Waals surface area contributed by atoms with E-state index in [9.17, 15) is 22.0 Å². The first-order valence-electron chi connectivity index (χ1n) is 9.18.